The molecule has 1 aliphatic rings. The van der Waals surface area contributed by atoms with E-state index < -0.39 is 20.7 Å². The fourth-order valence-electron chi connectivity index (χ4n) is 3.03. The highest BCUT2D eigenvalue weighted by atomic mass is 32.2. The quantitative estimate of drug-likeness (QED) is 0.711. The first kappa shape index (κ1) is 19.0. The molecule has 0 bridgehead atoms. The summed E-state index contributed by atoms with van der Waals surface area (Å²) in [7, 11) is 0.259. The molecule has 6 nitrogen and oxygen atoms in total. The molecule has 0 amide bonds. The lowest BCUT2D eigenvalue weighted by Gasteiger charge is -2.28. The van der Waals surface area contributed by atoms with Gasteiger partial charge in [0.05, 0.1) is 20.8 Å². The van der Waals surface area contributed by atoms with Gasteiger partial charge in [0.25, 0.3) is 0 Å². The molecule has 136 valence electrons. The molecule has 0 atom stereocenters. The minimum atomic E-state index is -4.00. The van der Waals surface area contributed by atoms with Crippen molar-refractivity contribution in [3.05, 3.63) is 17.9 Å². The number of ether oxygens (including phenoxy) is 3. The second-order valence-electron chi connectivity index (χ2n) is 5.68. The summed E-state index contributed by atoms with van der Waals surface area (Å²) >= 11 is 0. The Morgan fingerprint density at radius 2 is 1.71 bits per heavy atom. The predicted molar refractivity (Wildman–Crippen MR) is 87.5 cm³/mol. The molecule has 1 aliphatic carbocycles. The van der Waals surface area contributed by atoms with Crippen molar-refractivity contribution < 1.29 is 27.0 Å². The van der Waals surface area contributed by atoms with Crippen LogP contribution in [0.15, 0.2) is 17.0 Å². The highest BCUT2D eigenvalue weighted by Gasteiger charge is 2.35. The second kappa shape index (κ2) is 8.13. The van der Waals surface area contributed by atoms with Gasteiger partial charge >= 0.3 is 0 Å². The van der Waals surface area contributed by atoms with Crippen LogP contribution < -0.4 is 9.47 Å². The van der Waals surface area contributed by atoms with Crippen molar-refractivity contribution in [3.8, 4) is 11.5 Å². The molecule has 0 saturated heterocycles. The van der Waals surface area contributed by atoms with Crippen LogP contribution in [0, 0.1) is 5.82 Å². The van der Waals surface area contributed by atoms with Crippen molar-refractivity contribution in [3.63, 3.8) is 0 Å². The molecular weight excluding hydrogens is 337 g/mol. The van der Waals surface area contributed by atoms with Gasteiger partial charge in [-0.3, -0.25) is 0 Å². The smallest absolute Gasteiger partial charge is 0.246 e. The Morgan fingerprint density at radius 1 is 1.12 bits per heavy atom. The lowest BCUT2D eigenvalue weighted by molar-refractivity contribution is 0.166. The number of nitrogens with zero attached hydrogens (tertiary/aromatic N) is 1. The van der Waals surface area contributed by atoms with Gasteiger partial charge in [-0.25, -0.2) is 12.8 Å². The first-order chi connectivity index (χ1) is 11.5. The molecule has 1 saturated carbocycles. The van der Waals surface area contributed by atoms with Gasteiger partial charge in [0.2, 0.25) is 10.0 Å². The van der Waals surface area contributed by atoms with Crippen molar-refractivity contribution in [2.24, 2.45) is 0 Å². The van der Waals surface area contributed by atoms with Gasteiger partial charge in [0.1, 0.15) is 10.7 Å². The lowest BCUT2D eigenvalue weighted by atomic mass is 10.2. The maximum atomic E-state index is 14.4. The van der Waals surface area contributed by atoms with Crippen LogP contribution in [-0.2, 0) is 14.8 Å². The van der Waals surface area contributed by atoms with Crippen LogP contribution in [0.5, 0.6) is 11.5 Å². The van der Waals surface area contributed by atoms with Gasteiger partial charge in [0, 0.05) is 31.8 Å². The van der Waals surface area contributed by atoms with E-state index in [1.54, 1.807) is 0 Å². The fraction of sp³-hybridized carbons (Fsp3) is 0.625. The van der Waals surface area contributed by atoms with E-state index in [0.29, 0.717) is 0 Å². The number of hydrogen-bond acceptors (Lipinski definition) is 5. The average Bonchev–Trinajstić information content (AvgIpc) is 3.08. The van der Waals surface area contributed by atoms with Crippen LogP contribution in [0.2, 0.25) is 0 Å². The Labute approximate surface area is 142 Å². The third-order valence-corrected chi connectivity index (χ3v) is 6.24. The van der Waals surface area contributed by atoms with E-state index in [0.717, 1.165) is 31.7 Å². The van der Waals surface area contributed by atoms with Crippen molar-refractivity contribution in [1.82, 2.24) is 4.31 Å². The SMILES string of the molecule is COCCN(C1CCCC1)S(=O)(=O)c1cc(OC)c(OC)cc1F. The molecule has 8 heteroatoms. The fourth-order valence-corrected chi connectivity index (χ4v) is 4.76. The zero-order valence-electron chi connectivity index (χ0n) is 14.2. The Bertz CT molecular complexity index is 659. The highest BCUT2D eigenvalue weighted by molar-refractivity contribution is 7.89. The predicted octanol–water partition coefficient (Wildman–Crippen LogP) is 2.42. The number of methoxy groups -OCH3 is 3. The summed E-state index contributed by atoms with van der Waals surface area (Å²) < 4.78 is 57.1. The maximum absolute atomic E-state index is 14.4. The van der Waals surface area contributed by atoms with Crippen LogP contribution in [-0.4, -0.2) is 53.2 Å². The summed E-state index contributed by atoms with van der Waals surface area (Å²) in [4.78, 5) is -0.400. The lowest BCUT2D eigenvalue weighted by Crippen LogP contribution is -2.41. The highest BCUT2D eigenvalue weighted by Crippen LogP contribution is 2.35. The molecule has 1 aromatic carbocycles. The van der Waals surface area contributed by atoms with Crippen LogP contribution in [0.4, 0.5) is 4.39 Å². The summed E-state index contributed by atoms with van der Waals surface area (Å²) in [6.07, 6.45) is 3.49. The van der Waals surface area contributed by atoms with Gasteiger partial charge in [-0.15, -0.1) is 0 Å². The van der Waals surface area contributed by atoms with Gasteiger partial charge in [-0.05, 0) is 12.8 Å². The standard InChI is InChI=1S/C16H24FNO5S/c1-21-9-8-18(12-6-4-5-7-12)24(19,20)16-11-15(23-3)14(22-2)10-13(16)17/h10-12H,4-9H2,1-3H3. The topological polar surface area (TPSA) is 65.1 Å². The molecule has 24 heavy (non-hydrogen) atoms. The van der Waals surface area contributed by atoms with Gasteiger partial charge in [-0.2, -0.15) is 4.31 Å². The van der Waals surface area contributed by atoms with Crippen molar-refractivity contribution in [1.29, 1.82) is 0 Å². The molecule has 0 aliphatic heterocycles. The molecule has 0 aromatic heterocycles. The zero-order chi connectivity index (χ0) is 17.7. The van der Waals surface area contributed by atoms with Gasteiger partial charge < -0.3 is 14.2 Å². The summed E-state index contributed by atoms with van der Waals surface area (Å²) in [5, 5.41) is 0. The Morgan fingerprint density at radius 3 is 2.25 bits per heavy atom. The average molecular weight is 361 g/mol. The van der Waals surface area contributed by atoms with Crippen LogP contribution in [0.1, 0.15) is 25.7 Å². The van der Waals surface area contributed by atoms with Crippen LogP contribution in [0.3, 0.4) is 0 Å². The van der Waals surface area contributed by atoms with Gasteiger partial charge in [0.15, 0.2) is 11.5 Å². The molecule has 2 rings (SSSR count). The minimum absolute atomic E-state index is 0.127. The van der Waals surface area contributed by atoms with Crippen molar-refractivity contribution in [2.75, 3.05) is 34.5 Å². The Kier molecular flexibility index (Phi) is 6.42. The van der Waals surface area contributed by atoms with Crippen LogP contribution in [0.25, 0.3) is 0 Å². The third kappa shape index (κ3) is 3.81. The van der Waals surface area contributed by atoms with E-state index in [-0.39, 0.29) is 30.7 Å². The molecule has 1 fully saturated rings. The monoisotopic (exact) mass is 361 g/mol. The summed E-state index contributed by atoms with van der Waals surface area (Å²) in [5.74, 6) is -0.526. The zero-order valence-corrected chi connectivity index (χ0v) is 15.1. The maximum Gasteiger partial charge on any atom is 0.246 e. The normalized spacial score (nSPS) is 15.9. The first-order valence-electron chi connectivity index (χ1n) is 7.88. The first-order valence-corrected chi connectivity index (χ1v) is 9.32. The van der Waals surface area contributed by atoms with E-state index in [9.17, 15) is 12.8 Å². The molecule has 0 unspecified atom stereocenters. The Hall–Kier alpha value is -1.38. The molecule has 0 heterocycles. The molecule has 0 radical (unpaired) electrons. The molecule has 0 N–H and O–H groups in total. The second-order valence-corrected chi connectivity index (χ2v) is 7.54. The third-order valence-electron chi connectivity index (χ3n) is 4.27. The number of halogens is 1. The number of benzene rings is 1. The molecular formula is C16H24FNO5S. The van der Waals surface area contributed by atoms with Crippen molar-refractivity contribution in [2.45, 2.75) is 36.6 Å². The number of hydrogen-bond donors (Lipinski definition) is 0. The van der Waals surface area contributed by atoms with E-state index >= 15 is 0 Å². The summed E-state index contributed by atoms with van der Waals surface area (Å²) in [6, 6.07) is 2.09. The Balaban J connectivity index is 2.45. The summed E-state index contributed by atoms with van der Waals surface area (Å²) in [5.41, 5.74) is 0. The van der Waals surface area contributed by atoms with E-state index in [2.05, 4.69) is 0 Å². The van der Waals surface area contributed by atoms with E-state index in [1.165, 1.54) is 31.7 Å². The van der Waals surface area contributed by atoms with E-state index in [4.69, 9.17) is 14.2 Å². The summed E-state index contributed by atoms with van der Waals surface area (Å²) in [6.45, 7) is 0.446. The largest absolute Gasteiger partial charge is 0.493 e. The molecule has 0 spiro atoms. The van der Waals surface area contributed by atoms with Gasteiger partial charge in [-0.1, -0.05) is 12.8 Å². The minimum Gasteiger partial charge on any atom is -0.493 e. The van der Waals surface area contributed by atoms with Crippen molar-refractivity contribution >= 4 is 10.0 Å². The number of rotatable bonds is 8. The van der Waals surface area contributed by atoms with E-state index in [1.807, 2.05) is 0 Å². The van der Waals surface area contributed by atoms with Crippen LogP contribution >= 0.6 is 0 Å². The molecule has 1 aromatic rings. The number of sulfonamides is 1.